The molecule has 0 bridgehead atoms. The van der Waals surface area contributed by atoms with E-state index in [-0.39, 0.29) is 12.6 Å². The molecule has 2 heterocycles. The molecule has 0 saturated heterocycles. The number of nitrogens with zero attached hydrogens (tertiary/aromatic N) is 4. The van der Waals surface area contributed by atoms with E-state index in [9.17, 15) is 4.79 Å². The van der Waals surface area contributed by atoms with E-state index >= 15 is 0 Å². The first-order valence-electron chi connectivity index (χ1n) is 7.97. The first kappa shape index (κ1) is 16.8. The molecular formula is C18H21N5O2. The second-order valence-electron chi connectivity index (χ2n) is 6.06. The van der Waals surface area contributed by atoms with Gasteiger partial charge in [-0.05, 0) is 50.1 Å². The summed E-state index contributed by atoms with van der Waals surface area (Å²) in [5, 5.41) is 11.2. The molecule has 3 aromatic rings. The Morgan fingerprint density at radius 2 is 1.92 bits per heavy atom. The van der Waals surface area contributed by atoms with Crippen LogP contribution in [-0.4, -0.2) is 25.5 Å². The fourth-order valence-corrected chi connectivity index (χ4v) is 2.52. The first-order valence-corrected chi connectivity index (χ1v) is 7.97. The van der Waals surface area contributed by atoms with Crippen LogP contribution in [0.3, 0.4) is 0 Å². The highest BCUT2D eigenvalue weighted by atomic mass is 16.5. The maximum absolute atomic E-state index is 12.3. The minimum atomic E-state index is -0.277. The average Bonchev–Trinajstić information content (AvgIpc) is 3.14. The van der Waals surface area contributed by atoms with Crippen LogP contribution in [0.2, 0.25) is 0 Å². The number of ether oxygens (including phenoxy) is 1. The first-order chi connectivity index (χ1) is 11.9. The van der Waals surface area contributed by atoms with Gasteiger partial charge in [-0.15, -0.1) is 0 Å². The van der Waals surface area contributed by atoms with Crippen LogP contribution in [0.25, 0.3) is 0 Å². The maximum Gasteiger partial charge on any atom is 0.276 e. The van der Waals surface area contributed by atoms with Crippen LogP contribution in [0.5, 0.6) is 5.75 Å². The van der Waals surface area contributed by atoms with Crippen molar-refractivity contribution in [2.75, 3.05) is 5.32 Å². The predicted octanol–water partition coefficient (Wildman–Crippen LogP) is 2.83. The number of anilines is 1. The van der Waals surface area contributed by atoms with E-state index in [4.69, 9.17) is 4.74 Å². The Labute approximate surface area is 146 Å². The van der Waals surface area contributed by atoms with Crippen LogP contribution in [0, 0.1) is 20.8 Å². The molecule has 0 aliphatic rings. The third-order valence-electron chi connectivity index (χ3n) is 3.92. The molecule has 0 fully saturated rings. The quantitative estimate of drug-likeness (QED) is 0.776. The second-order valence-corrected chi connectivity index (χ2v) is 6.06. The second kappa shape index (κ2) is 6.80. The number of carbonyl (C=O) groups excluding carboxylic acids is 1. The van der Waals surface area contributed by atoms with E-state index in [1.165, 1.54) is 0 Å². The fourth-order valence-electron chi connectivity index (χ4n) is 2.52. The van der Waals surface area contributed by atoms with Crippen LogP contribution < -0.4 is 10.1 Å². The molecule has 0 atom stereocenters. The Kier molecular flexibility index (Phi) is 4.56. The van der Waals surface area contributed by atoms with Crippen molar-refractivity contribution in [1.29, 1.82) is 0 Å². The van der Waals surface area contributed by atoms with Gasteiger partial charge in [0.15, 0.2) is 12.4 Å². The molecule has 7 heteroatoms. The zero-order chi connectivity index (χ0) is 18.0. The highest BCUT2D eigenvalue weighted by Crippen LogP contribution is 2.17. The van der Waals surface area contributed by atoms with E-state index in [0.29, 0.717) is 11.4 Å². The molecule has 0 saturated carbocycles. The largest absolute Gasteiger partial charge is 0.471 e. The Balaban J connectivity index is 1.63. The lowest BCUT2D eigenvalue weighted by atomic mass is 10.1. The summed E-state index contributed by atoms with van der Waals surface area (Å²) in [5.41, 5.74) is 4.16. The van der Waals surface area contributed by atoms with Crippen LogP contribution in [0.15, 0.2) is 36.7 Å². The van der Waals surface area contributed by atoms with Gasteiger partial charge in [0.05, 0.1) is 17.6 Å². The molecule has 0 unspecified atom stereocenters. The van der Waals surface area contributed by atoms with Crippen LogP contribution in [0.1, 0.15) is 27.3 Å². The van der Waals surface area contributed by atoms with Gasteiger partial charge in [0, 0.05) is 13.2 Å². The monoisotopic (exact) mass is 339 g/mol. The van der Waals surface area contributed by atoms with Gasteiger partial charge in [-0.3, -0.25) is 9.48 Å². The number of aryl methyl sites for hydroxylation is 3. The number of aromatic nitrogens is 4. The fraction of sp³-hybridized carbons (Fsp3) is 0.278. The molecule has 0 radical (unpaired) electrons. The van der Waals surface area contributed by atoms with Crippen molar-refractivity contribution >= 4 is 11.6 Å². The van der Waals surface area contributed by atoms with Crippen molar-refractivity contribution in [3.05, 3.63) is 59.2 Å². The Bertz CT molecular complexity index is 890. The van der Waals surface area contributed by atoms with Gasteiger partial charge in [0.1, 0.15) is 5.75 Å². The molecule has 0 aliphatic heterocycles. The van der Waals surface area contributed by atoms with Gasteiger partial charge in [-0.2, -0.15) is 10.2 Å². The normalized spacial score (nSPS) is 10.7. The van der Waals surface area contributed by atoms with Gasteiger partial charge in [-0.25, -0.2) is 4.68 Å². The van der Waals surface area contributed by atoms with E-state index in [1.807, 2.05) is 40.0 Å². The highest BCUT2D eigenvalue weighted by molar-refractivity contribution is 6.03. The van der Waals surface area contributed by atoms with E-state index in [1.54, 1.807) is 27.8 Å². The molecule has 130 valence electrons. The molecule has 7 nitrogen and oxygen atoms in total. The number of hydrogen-bond acceptors (Lipinski definition) is 4. The van der Waals surface area contributed by atoms with Crippen molar-refractivity contribution in [2.45, 2.75) is 27.5 Å². The van der Waals surface area contributed by atoms with Crippen molar-refractivity contribution in [2.24, 2.45) is 7.05 Å². The lowest BCUT2D eigenvalue weighted by Gasteiger charge is -2.08. The van der Waals surface area contributed by atoms with Crippen molar-refractivity contribution < 1.29 is 9.53 Å². The molecular weight excluding hydrogens is 318 g/mol. The van der Waals surface area contributed by atoms with Crippen LogP contribution >= 0.6 is 0 Å². The van der Waals surface area contributed by atoms with Gasteiger partial charge < -0.3 is 10.1 Å². The number of hydrogen-bond donors (Lipinski definition) is 1. The Morgan fingerprint density at radius 1 is 1.20 bits per heavy atom. The molecule has 1 amide bonds. The Morgan fingerprint density at radius 3 is 2.56 bits per heavy atom. The minimum Gasteiger partial charge on any atom is -0.471 e. The standard InChI is InChI=1S/C18H21N5O2/c1-12-7-13(2)9-15(8-12)25-11-23-6-5-16(21-23)18(24)20-17-10-19-22(4)14(17)3/h5-10H,11H2,1-4H3,(H,20,24). The minimum absolute atomic E-state index is 0.238. The number of rotatable bonds is 5. The van der Waals surface area contributed by atoms with Gasteiger partial charge >= 0.3 is 0 Å². The van der Waals surface area contributed by atoms with E-state index in [2.05, 4.69) is 21.6 Å². The maximum atomic E-state index is 12.3. The summed E-state index contributed by atoms with van der Waals surface area (Å²) < 4.78 is 9.03. The SMILES string of the molecule is Cc1cc(C)cc(OCn2ccc(C(=O)Nc3cnn(C)c3C)n2)c1. The van der Waals surface area contributed by atoms with E-state index < -0.39 is 0 Å². The summed E-state index contributed by atoms with van der Waals surface area (Å²) >= 11 is 0. The van der Waals surface area contributed by atoms with Crippen molar-refractivity contribution in [1.82, 2.24) is 19.6 Å². The summed E-state index contributed by atoms with van der Waals surface area (Å²) in [6.07, 6.45) is 3.33. The average molecular weight is 339 g/mol. The lowest BCUT2D eigenvalue weighted by Crippen LogP contribution is -2.14. The third-order valence-corrected chi connectivity index (χ3v) is 3.92. The molecule has 1 N–H and O–H groups in total. The molecule has 0 spiro atoms. The summed E-state index contributed by atoms with van der Waals surface area (Å²) in [4.78, 5) is 12.3. The van der Waals surface area contributed by atoms with E-state index in [0.717, 1.165) is 22.6 Å². The zero-order valence-electron chi connectivity index (χ0n) is 14.8. The topological polar surface area (TPSA) is 74.0 Å². The van der Waals surface area contributed by atoms with Crippen LogP contribution in [0.4, 0.5) is 5.69 Å². The third kappa shape index (κ3) is 3.88. The molecule has 0 aliphatic carbocycles. The number of benzene rings is 1. The molecule has 2 aromatic heterocycles. The summed E-state index contributed by atoms with van der Waals surface area (Å²) in [7, 11) is 1.82. The van der Waals surface area contributed by atoms with Gasteiger partial charge in [0.2, 0.25) is 0 Å². The predicted molar refractivity (Wildman–Crippen MR) is 94.7 cm³/mol. The number of nitrogens with one attached hydrogen (secondary N) is 1. The smallest absolute Gasteiger partial charge is 0.276 e. The summed E-state index contributed by atoms with van der Waals surface area (Å²) in [6.45, 7) is 6.17. The zero-order valence-corrected chi connectivity index (χ0v) is 14.8. The number of carbonyl (C=O) groups is 1. The number of amides is 1. The van der Waals surface area contributed by atoms with Crippen molar-refractivity contribution in [3.63, 3.8) is 0 Å². The summed E-state index contributed by atoms with van der Waals surface area (Å²) in [5.74, 6) is 0.506. The van der Waals surface area contributed by atoms with Gasteiger partial charge in [0.25, 0.3) is 5.91 Å². The highest BCUT2D eigenvalue weighted by Gasteiger charge is 2.13. The van der Waals surface area contributed by atoms with Crippen LogP contribution in [-0.2, 0) is 13.8 Å². The summed E-state index contributed by atoms with van der Waals surface area (Å²) in [6, 6.07) is 7.68. The molecule has 25 heavy (non-hydrogen) atoms. The van der Waals surface area contributed by atoms with Crippen molar-refractivity contribution in [3.8, 4) is 5.75 Å². The lowest BCUT2D eigenvalue weighted by molar-refractivity contribution is 0.102. The molecule has 1 aromatic carbocycles. The van der Waals surface area contributed by atoms with Gasteiger partial charge in [-0.1, -0.05) is 6.07 Å². The Hall–Kier alpha value is -3.09. The molecule has 3 rings (SSSR count).